The van der Waals surface area contributed by atoms with Crippen LogP contribution in [0.4, 0.5) is 0 Å². The minimum Gasteiger partial charge on any atom is -0.350 e. The smallest absolute Gasteiger partial charge is 0.293 e. The summed E-state index contributed by atoms with van der Waals surface area (Å²) in [5.74, 6) is -0.204. The number of para-hydroxylation sites is 1. The number of fused-ring (bicyclic) bond motifs is 3. The average molecular weight is 357 g/mol. The van der Waals surface area contributed by atoms with Gasteiger partial charge in [-0.15, -0.1) is 0 Å². The largest absolute Gasteiger partial charge is 0.350 e. The molecule has 5 rings (SSSR count). The van der Waals surface area contributed by atoms with Gasteiger partial charge in [0.1, 0.15) is 5.69 Å². The highest BCUT2D eigenvalue weighted by molar-refractivity contribution is 6.14. The van der Waals surface area contributed by atoms with Crippen molar-refractivity contribution in [1.82, 2.24) is 10.3 Å². The number of nitrogens with zero attached hydrogens (tertiary/aromatic N) is 1. The van der Waals surface area contributed by atoms with Gasteiger partial charge in [-0.3, -0.25) is 9.59 Å². The lowest BCUT2D eigenvalue weighted by Crippen LogP contribution is -2.37. The minimum atomic E-state index is -0.319. The van der Waals surface area contributed by atoms with Crippen LogP contribution in [0.3, 0.4) is 0 Å². The summed E-state index contributed by atoms with van der Waals surface area (Å²) in [5.41, 5.74) is 4.94. The molecule has 0 saturated heterocycles. The van der Waals surface area contributed by atoms with Crippen molar-refractivity contribution in [2.75, 3.05) is 0 Å². The standard InChI is InChI=1S/C22H19N3O2/c26-21-17-7-3-2-6-15(17)16-10-9-14(12-19(16)25-21)23-22(27)20-11-13-5-1-4-8-18(13)24-20/h1,4-5,8-12,16,24H,2-3,6-7H2,(H,25,26). The second-order valence-electron chi connectivity index (χ2n) is 7.21. The molecule has 1 aliphatic heterocycles. The first kappa shape index (κ1) is 16.0. The van der Waals surface area contributed by atoms with Crippen LogP contribution >= 0.6 is 0 Å². The van der Waals surface area contributed by atoms with Crippen molar-refractivity contribution in [2.24, 2.45) is 10.9 Å². The Morgan fingerprint density at radius 2 is 2.00 bits per heavy atom. The Bertz CT molecular complexity index is 1060. The number of aliphatic imine (C=N–C) groups is 1. The highest BCUT2D eigenvalue weighted by atomic mass is 16.2. The number of allylic oxidation sites excluding steroid dienone is 3. The number of hydrogen-bond acceptors (Lipinski definition) is 2. The van der Waals surface area contributed by atoms with E-state index in [9.17, 15) is 9.59 Å². The summed E-state index contributed by atoms with van der Waals surface area (Å²) in [4.78, 5) is 32.3. The number of hydrogen-bond donors (Lipinski definition) is 2. The van der Waals surface area contributed by atoms with Crippen LogP contribution in [0.15, 0.2) is 70.4 Å². The van der Waals surface area contributed by atoms with Crippen molar-refractivity contribution in [3.05, 3.63) is 71.1 Å². The summed E-state index contributed by atoms with van der Waals surface area (Å²) < 4.78 is 0. The molecule has 2 amide bonds. The summed E-state index contributed by atoms with van der Waals surface area (Å²) in [6, 6.07) is 9.55. The predicted octanol–water partition coefficient (Wildman–Crippen LogP) is 3.82. The molecule has 0 saturated carbocycles. The van der Waals surface area contributed by atoms with E-state index in [1.165, 1.54) is 5.57 Å². The first-order valence-electron chi connectivity index (χ1n) is 9.33. The van der Waals surface area contributed by atoms with Gasteiger partial charge in [-0.1, -0.05) is 24.3 Å². The van der Waals surface area contributed by atoms with Crippen molar-refractivity contribution >= 4 is 28.4 Å². The lowest BCUT2D eigenvalue weighted by Gasteiger charge is -2.33. The molecule has 2 N–H and O–H groups in total. The van der Waals surface area contributed by atoms with Crippen LogP contribution in [-0.2, 0) is 4.79 Å². The molecule has 1 aromatic heterocycles. The summed E-state index contributed by atoms with van der Waals surface area (Å²) in [5, 5.41) is 3.98. The molecule has 2 aliphatic carbocycles. The van der Waals surface area contributed by atoms with Gasteiger partial charge in [0.05, 0.1) is 5.71 Å². The molecule has 0 radical (unpaired) electrons. The first-order chi connectivity index (χ1) is 13.2. The van der Waals surface area contributed by atoms with Crippen LogP contribution in [-0.4, -0.2) is 22.5 Å². The van der Waals surface area contributed by atoms with E-state index >= 15 is 0 Å². The zero-order chi connectivity index (χ0) is 18.4. The van der Waals surface area contributed by atoms with Gasteiger partial charge in [0.15, 0.2) is 0 Å². The third kappa shape index (κ3) is 2.76. The number of aromatic nitrogens is 1. The van der Waals surface area contributed by atoms with E-state index in [2.05, 4.69) is 15.3 Å². The maximum absolute atomic E-state index is 12.6. The van der Waals surface area contributed by atoms with Crippen molar-refractivity contribution in [3.63, 3.8) is 0 Å². The van der Waals surface area contributed by atoms with E-state index in [-0.39, 0.29) is 17.7 Å². The fourth-order valence-electron chi connectivity index (χ4n) is 4.19. The molecule has 27 heavy (non-hydrogen) atoms. The molecule has 0 fully saturated rings. The van der Waals surface area contributed by atoms with E-state index < -0.39 is 0 Å². The molecule has 5 nitrogen and oxygen atoms in total. The molecule has 0 spiro atoms. The number of nitrogens with one attached hydrogen (secondary N) is 2. The average Bonchev–Trinajstić information content (AvgIpc) is 3.12. The Morgan fingerprint density at radius 1 is 1.15 bits per heavy atom. The number of H-pyrrole nitrogens is 1. The van der Waals surface area contributed by atoms with Crippen LogP contribution < -0.4 is 5.32 Å². The molecule has 1 atom stereocenters. The third-order valence-corrected chi connectivity index (χ3v) is 5.51. The summed E-state index contributed by atoms with van der Waals surface area (Å²) in [7, 11) is 0. The lowest BCUT2D eigenvalue weighted by atomic mass is 9.77. The SMILES string of the molecule is O=C1NC2=CC(=NC(=O)c3cc4ccccc4[nH]3)C=CC2C2=C1CCCC2. The molecule has 5 heteroatoms. The van der Waals surface area contributed by atoms with Gasteiger partial charge in [-0.05, 0) is 55.5 Å². The fourth-order valence-corrected chi connectivity index (χ4v) is 4.19. The third-order valence-electron chi connectivity index (χ3n) is 5.51. The fraction of sp³-hybridized carbons (Fsp3) is 0.227. The summed E-state index contributed by atoms with van der Waals surface area (Å²) in [6.45, 7) is 0. The second-order valence-corrected chi connectivity index (χ2v) is 7.21. The molecular weight excluding hydrogens is 338 g/mol. The van der Waals surface area contributed by atoms with Gasteiger partial charge in [-0.2, -0.15) is 0 Å². The summed E-state index contributed by atoms with van der Waals surface area (Å²) >= 11 is 0. The highest BCUT2D eigenvalue weighted by Crippen LogP contribution is 2.38. The Kier molecular flexibility index (Phi) is 3.67. The minimum absolute atomic E-state index is 0.00351. The first-order valence-corrected chi connectivity index (χ1v) is 9.33. The molecule has 1 aromatic carbocycles. The normalized spacial score (nSPS) is 23.1. The number of rotatable bonds is 1. The van der Waals surface area contributed by atoms with Crippen molar-refractivity contribution < 1.29 is 9.59 Å². The van der Waals surface area contributed by atoms with Gasteiger partial charge in [0.2, 0.25) is 0 Å². The zero-order valence-electron chi connectivity index (χ0n) is 14.8. The monoisotopic (exact) mass is 357 g/mol. The molecule has 2 aromatic rings. The van der Waals surface area contributed by atoms with Gasteiger partial charge in [0, 0.05) is 28.1 Å². The van der Waals surface area contributed by atoms with E-state index in [0.29, 0.717) is 11.4 Å². The topological polar surface area (TPSA) is 74.3 Å². The summed E-state index contributed by atoms with van der Waals surface area (Å²) in [6.07, 6.45) is 9.78. The molecule has 1 unspecified atom stereocenters. The van der Waals surface area contributed by atoms with Crippen molar-refractivity contribution in [3.8, 4) is 0 Å². The van der Waals surface area contributed by atoms with Gasteiger partial charge in [-0.25, -0.2) is 4.99 Å². The van der Waals surface area contributed by atoms with E-state index in [0.717, 1.165) is 47.9 Å². The predicted molar refractivity (Wildman–Crippen MR) is 104 cm³/mol. The lowest BCUT2D eigenvalue weighted by molar-refractivity contribution is -0.117. The molecule has 2 heterocycles. The molecule has 0 bridgehead atoms. The maximum Gasteiger partial charge on any atom is 0.293 e. The number of amides is 2. The van der Waals surface area contributed by atoms with E-state index in [1.807, 2.05) is 48.6 Å². The Morgan fingerprint density at radius 3 is 2.89 bits per heavy atom. The molecule has 134 valence electrons. The number of benzene rings is 1. The number of aromatic amines is 1. The van der Waals surface area contributed by atoms with E-state index in [1.54, 1.807) is 0 Å². The zero-order valence-corrected chi connectivity index (χ0v) is 14.8. The van der Waals surface area contributed by atoms with Crippen LogP contribution in [0.1, 0.15) is 36.2 Å². The Balaban J connectivity index is 1.45. The van der Waals surface area contributed by atoms with Gasteiger partial charge >= 0.3 is 0 Å². The maximum atomic E-state index is 12.6. The quantitative estimate of drug-likeness (QED) is 0.814. The van der Waals surface area contributed by atoms with Crippen LogP contribution in [0.25, 0.3) is 10.9 Å². The van der Waals surface area contributed by atoms with E-state index in [4.69, 9.17) is 0 Å². The Labute approximate surface area is 156 Å². The number of carbonyl (C=O) groups excluding carboxylic acids is 2. The van der Waals surface area contributed by atoms with Crippen LogP contribution in [0.2, 0.25) is 0 Å². The highest BCUT2D eigenvalue weighted by Gasteiger charge is 2.33. The number of carbonyl (C=O) groups is 2. The van der Waals surface area contributed by atoms with Crippen molar-refractivity contribution in [1.29, 1.82) is 0 Å². The van der Waals surface area contributed by atoms with Crippen LogP contribution in [0.5, 0.6) is 0 Å². The van der Waals surface area contributed by atoms with Crippen LogP contribution in [0, 0.1) is 5.92 Å². The van der Waals surface area contributed by atoms with Crippen molar-refractivity contribution in [2.45, 2.75) is 25.7 Å². The molecule has 3 aliphatic rings. The second kappa shape index (κ2) is 6.20. The molecular formula is C22H19N3O2. The van der Waals surface area contributed by atoms with Gasteiger partial charge in [0.25, 0.3) is 11.8 Å². The Hall–Kier alpha value is -3.21. The van der Waals surface area contributed by atoms with Gasteiger partial charge < -0.3 is 10.3 Å².